The SMILES string of the molecule is CCn1cccc1CNc1ccc(C#N)cc1Br. The quantitative estimate of drug-likeness (QED) is 0.934. The predicted octanol–water partition coefficient (Wildman–Crippen LogP) is 3.75. The second-order valence-electron chi connectivity index (χ2n) is 3.95. The third kappa shape index (κ3) is 2.74. The van der Waals surface area contributed by atoms with Gasteiger partial charge in [-0.15, -0.1) is 0 Å². The van der Waals surface area contributed by atoms with Gasteiger partial charge in [-0.2, -0.15) is 5.26 Å². The molecule has 0 spiro atoms. The van der Waals surface area contributed by atoms with Crippen LogP contribution < -0.4 is 5.32 Å². The van der Waals surface area contributed by atoms with Gasteiger partial charge in [0, 0.05) is 28.6 Å². The van der Waals surface area contributed by atoms with Crippen molar-refractivity contribution in [2.75, 3.05) is 5.32 Å². The first-order chi connectivity index (χ1) is 8.74. The van der Waals surface area contributed by atoms with E-state index in [4.69, 9.17) is 5.26 Å². The molecule has 18 heavy (non-hydrogen) atoms. The smallest absolute Gasteiger partial charge is 0.0992 e. The van der Waals surface area contributed by atoms with Crippen LogP contribution in [0.1, 0.15) is 18.2 Å². The van der Waals surface area contributed by atoms with Gasteiger partial charge in [0.2, 0.25) is 0 Å². The summed E-state index contributed by atoms with van der Waals surface area (Å²) in [6.07, 6.45) is 2.07. The van der Waals surface area contributed by atoms with Gasteiger partial charge in [-0.05, 0) is 53.2 Å². The summed E-state index contributed by atoms with van der Waals surface area (Å²) in [5.74, 6) is 0. The topological polar surface area (TPSA) is 40.8 Å². The molecule has 4 heteroatoms. The maximum atomic E-state index is 8.81. The fourth-order valence-corrected chi connectivity index (χ4v) is 2.35. The molecule has 92 valence electrons. The molecule has 0 aliphatic heterocycles. The zero-order valence-corrected chi connectivity index (χ0v) is 11.7. The molecule has 1 aromatic heterocycles. The molecule has 0 unspecified atom stereocenters. The molecule has 0 fully saturated rings. The van der Waals surface area contributed by atoms with Crippen molar-refractivity contribution in [3.05, 3.63) is 52.3 Å². The van der Waals surface area contributed by atoms with Gasteiger partial charge in [0.05, 0.1) is 18.2 Å². The molecule has 0 aliphatic carbocycles. The highest BCUT2D eigenvalue weighted by molar-refractivity contribution is 9.10. The van der Waals surface area contributed by atoms with Crippen LogP contribution >= 0.6 is 15.9 Å². The summed E-state index contributed by atoms with van der Waals surface area (Å²) in [6.45, 7) is 3.87. The molecule has 2 rings (SSSR count). The number of nitrogens with one attached hydrogen (secondary N) is 1. The second kappa shape index (κ2) is 5.74. The van der Waals surface area contributed by atoms with Crippen LogP contribution in [0.2, 0.25) is 0 Å². The lowest BCUT2D eigenvalue weighted by molar-refractivity contribution is 0.724. The summed E-state index contributed by atoms with van der Waals surface area (Å²) in [7, 11) is 0. The van der Waals surface area contributed by atoms with Crippen molar-refractivity contribution in [3.63, 3.8) is 0 Å². The molecule has 1 aromatic carbocycles. The molecule has 0 saturated heterocycles. The normalized spacial score (nSPS) is 10.1. The number of nitrogens with zero attached hydrogens (tertiary/aromatic N) is 2. The number of halogens is 1. The number of aryl methyl sites for hydroxylation is 1. The highest BCUT2D eigenvalue weighted by atomic mass is 79.9. The fraction of sp³-hybridized carbons (Fsp3) is 0.214. The average molecular weight is 304 g/mol. The van der Waals surface area contributed by atoms with E-state index >= 15 is 0 Å². The molecule has 2 aromatic rings. The zero-order valence-electron chi connectivity index (χ0n) is 10.2. The minimum Gasteiger partial charge on any atom is -0.379 e. The number of benzene rings is 1. The molecule has 0 radical (unpaired) electrons. The number of rotatable bonds is 4. The van der Waals surface area contributed by atoms with E-state index in [2.05, 4.69) is 51.1 Å². The Labute approximate surface area is 115 Å². The maximum absolute atomic E-state index is 8.81. The lowest BCUT2D eigenvalue weighted by atomic mass is 10.2. The van der Waals surface area contributed by atoms with Crippen LogP contribution in [-0.2, 0) is 13.1 Å². The highest BCUT2D eigenvalue weighted by Crippen LogP contribution is 2.24. The van der Waals surface area contributed by atoms with Crippen molar-refractivity contribution >= 4 is 21.6 Å². The zero-order chi connectivity index (χ0) is 13.0. The number of anilines is 1. The Bertz CT molecular complexity index is 581. The van der Waals surface area contributed by atoms with E-state index in [-0.39, 0.29) is 0 Å². The number of aromatic nitrogens is 1. The average Bonchev–Trinajstić information content (AvgIpc) is 2.84. The van der Waals surface area contributed by atoms with Crippen molar-refractivity contribution in [2.45, 2.75) is 20.0 Å². The number of hydrogen-bond donors (Lipinski definition) is 1. The first-order valence-corrected chi connectivity index (χ1v) is 6.61. The molecule has 0 saturated carbocycles. The number of nitriles is 1. The molecule has 1 N–H and O–H groups in total. The van der Waals surface area contributed by atoms with Crippen molar-refractivity contribution in [1.82, 2.24) is 4.57 Å². The number of hydrogen-bond acceptors (Lipinski definition) is 2. The summed E-state index contributed by atoms with van der Waals surface area (Å²) in [4.78, 5) is 0. The Morgan fingerprint density at radius 3 is 2.89 bits per heavy atom. The lowest BCUT2D eigenvalue weighted by Gasteiger charge is -2.10. The van der Waals surface area contributed by atoms with Crippen molar-refractivity contribution in [3.8, 4) is 6.07 Å². The van der Waals surface area contributed by atoms with E-state index in [1.54, 1.807) is 0 Å². The Hall–Kier alpha value is -1.73. The molecule has 0 aliphatic rings. The van der Waals surface area contributed by atoms with Crippen LogP contribution in [0, 0.1) is 11.3 Å². The lowest BCUT2D eigenvalue weighted by Crippen LogP contribution is -2.06. The Morgan fingerprint density at radius 2 is 2.22 bits per heavy atom. The summed E-state index contributed by atoms with van der Waals surface area (Å²) >= 11 is 3.47. The van der Waals surface area contributed by atoms with Gasteiger partial charge in [-0.25, -0.2) is 0 Å². The summed E-state index contributed by atoms with van der Waals surface area (Å²) in [6, 6.07) is 11.8. The molecule has 0 amide bonds. The minimum absolute atomic E-state index is 0.657. The second-order valence-corrected chi connectivity index (χ2v) is 4.80. The first-order valence-electron chi connectivity index (χ1n) is 5.82. The van der Waals surface area contributed by atoms with Gasteiger partial charge in [0.15, 0.2) is 0 Å². The predicted molar refractivity (Wildman–Crippen MR) is 76.3 cm³/mol. The van der Waals surface area contributed by atoms with Crippen molar-refractivity contribution in [1.29, 1.82) is 5.26 Å². The van der Waals surface area contributed by atoms with Crippen molar-refractivity contribution in [2.24, 2.45) is 0 Å². The van der Waals surface area contributed by atoms with Gasteiger partial charge in [0.25, 0.3) is 0 Å². The van der Waals surface area contributed by atoms with Gasteiger partial charge in [0.1, 0.15) is 0 Å². The first kappa shape index (κ1) is 12.7. The van der Waals surface area contributed by atoms with Gasteiger partial charge < -0.3 is 9.88 Å². The third-order valence-corrected chi connectivity index (χ3v) is 3.48. The maximum Gasteiger partial charge on any atom is 0.0992 e. The van der Waals surface area contributed by atoms with E-state index < -0.39 is 0 Å². The highest BCUT2D eigenvalue weighted by Gasteiger charge is 2.03. The van der Waals surface area contributed by atoms with Crippen LogP contribution in [0.15, 0.2) is 41.0 Å². The molecular formula is C14H14BrN3. The van der Waals surface area contributed by atoms with E-state index in [1.165, 1.54) is 5.69 Å². The molecular weight excluding hydrogens is 290 g/mol. The van der Waals surface area contributed by atoms with Crippen molar-refractivity contribution < 1.29 is 0 Å². The van der Waals surface area contributed by atoms with Crippen LogP contribution in [0.4, 0.5) is 5.69 Å². The van der Waals surface area contributed by atoms with Crippen LogP contribution in [0.5, 0.6) is 0 Å². The standard InChI is InChI=1S/C14H14BrN3/c1-2-18-7-3-4-12(18)10-17-14-6-5-11(9-16)8-13(14)15/h3-8,17H,2,10H2,1H3. The van der Waals surface area contributed by atoms with Gasteiger partial charge in [-0.3, -0.25) is 0 Å². The van der Waals surface area contributed by atoms with E-state index in [0.29, 0.717) is 5.56 Å². The Morgan fingerprint density at radius 1 is 1.39 bits per heavy atom. The van der Waals surface area contributed by atoms with Crippen LogP contribution in [-0.4, -0.2) is 4.57 Å². The van der Waals surface area contributed by atoms with E-state index in [1.807, 2.05) is 24.3 Å². The summed E-state index contributed by atoms with van der Waals surface area (Å²) in [5.41, 5.74) is 2.90. The molecule has 0 atom stereocenters. The minimum atomic E-state index is 0.657. The molecule has 1 heterocycles. The van der Waals surface area contributed by atoms with E-state index in [9.17, 15) is 0 Å². The largest absolute Gasteiger partial charge is 0.379 e. The fourth-order valence-electron chi connectivity index (χ4n) is 1.83. The van der Waals surface area contributed by atoms with Crippen LogP contribution in [0.3, 0.4) is 0 Å². The molecule has 0 bridgehead atoms. The Kier molecular flexibility index (Phi) is 4.06. The molecule has 3 nitrogen and oxygen atoms in total. The van der Waals surface area contributed by atoms with E-state index in [0.717, 1.165) is 23.2 Å². The van der Waals surface area contributed by atoms with Gasteiger partial charge in [-0.1, -0.05) is 0 Å². The monoisotopic (exact) mass is 303 g/mol. The third-order valence-electron chi connectivity index (χ3n) is 2.82. The Balaban J connectivity index is 2.09. The summed E-state index contributed by atoms with van der Waals surface area (Å²) < 4.78 is 3.11. The summed E-state index contributed by atoms with van der Waals surface area (Å²) in [5, 5.41) is 12.2. The van der Waals surface area contributed by atoms with Gasteiger partial charge >= 0.3 is 0 Å². The van der Waals surface area contributed by atoms with Crippen LogP contribution in [0.25, 0.3) is 0 Å².